The molecule has 5 nitrogen and oxygen atoms in total. The quantitative estimate of drug-likeness (QED) is 0.636. The normalized spacial score (nSPS) is 14.8. The van der Waals surface area contributed by atoms with Gasteiger partial charge in [0.05, 0.1) is 19.1 Å². The third-order valence-corrected chi connectivity index (χ3v) is 2.82. The van der Waals surface area contributed by atoms with Gasteiger partial charge >= 0.3 is 5.97 Å². The Labute approximate surface area is 96.1 Å². The third-order valence-electron chi connectivity index (χ3n) is 2.82. The average molecular weight is 231 g/mol. The molecule has 0 amide bonds. The number of ketones is 1. The molecule has 0 aliphatic heterocycles. The summed E-state index contributed by atoms with van der Waals surface area (Å²) in [5, 5.41) is 17.8. The van der Waals surface area contributed by atoms with Gasteiger partial charge in [0.2, 0.25) is 0 Å². The molecular weight excluding hydrogens is 210 g/mol. The van der Waals surface area contributed by atoms with Crippen LogP contribution in [0.2, 0.25) is 0 Å². The van der Waals surface area contributed by atoms with Crippen molar-refractivity contribution in [2.24, 2.45) is 0 Å². The second kappa shape index (κ2) is 7.35. The second-order valence-corrected chi connectivity index (χ2v) is 3.91. The molecule has 0 fully saturated rings. The standard InChI is InChI=1S/C11H21NO4/c1-4-10(7-13)12(6-5-11(15)16)8(2)9(3)14/h8,10,13H,4-7H2,1-3H3,(H,15,16). The van der Waals surface area contributed by atoms with Gasteiger partial charge in [0.1, 0.15) is 5.78 Å². The molecule has 2 atom stereocenters. The van der Waals surface area contributed by atoms with E-state index in [1.54, 1.807) is 11.8 Å². The molecule has 0 spiro atoms. The van der Waals surface area contributed by atoms with Crippen molar-refractivity contribution in [2.45, 2.75) is 45.7 Å². The Morgan fingerprint density at radius 1 is 1.38 bits per heavy atom. The first-order chi connectivity index (χ1) is 7.43. The van der Waals surface area contributed by atoms with Crippen LogP contribution in [0.5, 0.6) is 0 Å². The molecule has 2 N–H and O–H groups in total. The van der Waals surface area contributed by atoms with Crippen molar-refractivity contribution in [3.8, 4) is 0 Å². The van der Waals surface area contributed by atoms with Crippen LogP contribution >= 0.6 is 0 Å². The third kappa shape index (κ3) is 4.72. The van der Waals surface area contributed by atoms with Crippen molar-refractivity contribution in [3.63, 3.8) is 0 Å². The van der Waals surface area contributed by atoms with E-state index in [2.05, 4.69) is 0 Å². The SMILES string of the molecule is CCC(CO)N(CCC(=O)O)C(C)C(C)=O. The lowest BCUT2D eigenvalue weighted by Crippen LogP contribution is -2.47. The summed E-state index contributed by atoms with van der Waals surface area (Å²) in [6.45, 7) is 5.34. The lowest BCUT2D eigenvalue weighted by atomic mass is 10.1. The average Bonchev–Trinajstić information content (AvgIpc) is 2.22. The number of rotatable bonds is 8. The molecule has 0 rings (SSSR count). The van der Waals surface area contributed by atoms with Crippen LogP contribution < -0.4 is 0 Å². The first-order valence-electron chi connectivity index (χ1n) is 5.52. The smallest absolute Gasteiger partial charge is 0.304 e. The van der Waals surface area contributed by atoms with E-state index in [4.69, 9.17) is 5.11 Å². The number of Topliss-reactive ketones (excluding diaryl/α,β-unsaturated/α-hetero) is 1. The Hall–Kier alpha value is -0.940. The van der Waals surface area contributed by atoms with Gasteiger partial charge in [0.25, 0.3) is 0 Å². The van der Waals surface area contributed by atoms with Crippen molar-refractivity contribution in [3.05, 3.63) is 0 Å². The molecule has 0 radical (unpaired) electrons. The summed E-state index contributed by atoms with van der Waals surface area (Å²) in [4.78, 5) is 23.6. The van der Waals surface area contributed by atoms with E-state index in [9.17, 15) is 14.7 Å². The van der Waals surface area contributed by atoms with Gasteiger partial charge in [-0.3, -0.25) is 14.5 Å². The van der Waals surface area contributed by atoms with E-state index in [-0.39, 0.29) is 37.4 Å². The molecule has 0 heterocycles. The van der Waals surface area contributed by atoms with E-state index < -0.39 is 5.97 Å². The Morgan fingerprint density at radius 3 is 2.25 bits per heavy atom. The summed E-state index contributed by atoms with van der Waals surface area (Å²) >= 11 is 0. The lowest BCUT2D eigenvalue weighted by Gasteiger charge is -2.33. The number of carboxylic acids is 1. The fraction of sp³-hybridized carbons (Fsp3) is 0.818. The zero-order chi connectivity index (χ0) is 12.7. The van der Waals surface area contributed by atoms with Crippen molar-refractivity contribution in [1.82, 2.24) is 4.90 Å². The molecule has 2 unspecified atom stereocenters. The van der Waals surface area contributed by atoms with Crippen molar-refractivity contribution >= 4 is 11.8 Å². The van der Waals surface area contributed by atoms with Gasteiger partial charge in [0.15, 0.2) is 0 Å². The van der Waals surface area contributed by atoms with Crippen molar-refractivity contribution in [1.29, 1.82) is 0 Å². The van der Waals surface area contributed by atoms with Gasteiger partial charge in [-0.2, -0.15) is 0 Å². The predicted octanol–water partition coefficient (Wildman–Crippen LogP) is 0.512. The summed E-state index contributed by atoms with van der Waals surface area (Å²) in [6.07, 6.45) is 0.669. The number of aliphatic hydroxyl groups excluding tert-OH is 1. The molecule has 0 saturated carbocycles. The van der Waals surface area contributed by atoms with Crippen LogP contribution in [0.25, 0.3) is 0 Å². The maximum Gasteiger partial charge on any atom is 0.304 e. The van der Waals surface area contributed by atoms with E-state index in [0.717, 1.165) is 0 Å². The number of hydrogen-bond acceptors (Lipinski definition) is 4. The van der Waals surface area contributed by atoms with Gasteiger partial charge in [0, 0.05) is 12.6 Å². The molecule has 0 bridgehead atoms. The number of aliphatic carboxylic acids is 1. The number of carboxylic acid groups (broad SMARTS) is 1. The Morgan fingerprint density at radius 2 is 1.94 bits per heavy atom. The van der Waals surface area contributed by atoms with E-state index >= 15 is 0 Å². The first kappa shape index (κ1) is 15.1. The van der Waals surface area contributed by atoms with Crippen LogP contribution in [0.15, 0.2) is 0 Å². The number of hydrogen-bond donors (Lipinski definition) is 2. The minimum absolute atomic E-state index is 0.0164. The fourth-order valence-electron chi connectivity index (χ4n) is 1.62. The highest BCUT2D eigenvalue weighted by Crippen LogP contribution is 2.10. The monoisotopic (exact) mass is 231 g/mol. The molecular formula is C11H21NO4. The number of aliphatic hydroxyl groups is 1. The molecule has 0 saturated heterocycles. The number of carbonyl (C=O) groups is 2. The van der Waals surface area contributed by atoms with Crippen molar-refractivity contribution in [2.75, 3.05) is 13.2 Å². The molecule has 94 valence electrons. The van der Waals surface area contributed by atoms with E-state index in [1.165, 1.54) is 6.92 Å². The molecule has 0 aromatic carbocycles. The Bertz CT molecular complexity index is 238. The first-order valence-corrected chi connectivity index (χ1v) is 5.52. The van der Waals surface area contributed by atoms with Crippen LogP contribution in [0.3, 0.4) is 0 Å². The van der Waals surface area contributed by atoms with E-state index in [1.807, 2.05) is 6.92 Å². The fourth-order valence-corrected chi connectivity index (χ4v) is 1.62. The molecule has 0 aliphatic carbocycles. The van der Waals surface area contributed by atoms with Crippen molar-refractivity contribution < 1.29 is 19.8 Å². The maximum atomic E-state index is 11.3. The highest BCUT2D eigenvalue weighted by molar-refractivity contribution is 5.81. The minimum Gasteiger partial charge on any atom is -0.481 e. The highest BCUT2D eigenvalue weighted by atomic mass is 16.4. The van der Waals surface area contributed by atoms with Crippen LogP contribution in [-0.2, 0) is 9.59 Å². The van der Waals surface area contributed by atoms with Gasteiger partial charge in [-0.15, -0.1) is 0 Å². The second-order valence-electron chi connectivity index (χ2n) is 3.91. The van der Waals surface area contributed by atoms with Crippen LogP contribution in [0.4, 0.5) is 0 Å². The molecule has 5 heteroatoms. The summed E-state index contributed by atoms with van der Waals surface area (Å²) in [5.74, 6) is -0.911. The summed E-state index contributed by atoms with van der Waals surface area (Å²) in [6, 6.07) is -0.505. The number of nitrogens with zero attached hydrogens (tertiary/aromatic N) is 1. The van der Waals surface area contributed by atoms with Gasteiger partial charge in [-0.25, -0.2) is 0 Å². The highest BCUT2D eigenvalue weighted by Gasteiger charge is 2.24. The van der Waals surface area contributed by atoms with Gasteiger partial charge in [-0.05, 0) is 20.3 Å². The van der Waals surface area contributed by atoms with Gasteiger partial charge in [-0.1, -0.05) is 6.92 Å². The van der Waals surface area contributed by atoms with Gasteiger partial charge < -0.3 is 10.2 Å². The summed E-state index contributed by atoms with van der Waals surface area (Å²) in [5.41, 5.74) is 0. The van der Waals surface area contributed by atoms with Crippen LogP contribution in [0, 0.1) is 0 Å². The topological polar surface area (TPSA) is 77.8 Å². The van der Waals surface area contributed by atoms with E-state index in [0.29, 0.717) is 6.42 Å². The minimum atomic E-state index is -0.895. The van der Waals surface area contributed by atoms with Crippen LogP contribution in [-0.4, -0.2) is 52.1 Å². The Kier molecular flexibility index (Phi) is 6.92. The predicted molar refractivity (Wildman–Crippen MR) is 60.3 cm³/mol. The zero-order valence-corrected chi connectivity index (χ0v) is 10.1. The maximum absolute atomic E-state index is 11.3. The molecule has 0 aromatic rings. The summed E-state index contributed by atoms with van der Waals surface area (Å²) in [7, 11) is 0. The number of carbonyl (C=O) groups excluding carboxylic acids is 1. The molecule has 0 aliphatic rings. The largest absolute Gasteiger partial charge is 0.481 e. The zero-order valence-electron chi connectivity index (χ0n) is 10.1. The molecule has 0 aromatic heterocycles. The lowest BCUT2D eigenvalue weighted by molar-refractivity contribution is -0.138. The molecule has 16 heavy (non-hydrogen) atoms. The Balaban J connectivity index is 4.60. The van der Waals surface area contributed by atoms with Crippen LogP contribution in [0.1, 0.15) is 33.6 Å². The summed E-state index contributed by atoms with van der Waals surface area (Å²) < 4.78 is 0.